The maximum Gasteiger partial charge on any atom is 0.271 e. The lowest BCUT2D eigenvalue weighted by Crippen LogP contribution is -2.44. The van der Waals surface area contributed by atoms with Crippen LogP contribution in [0.5, 0.6) is 0 Å². The summed E-state index contributed by atoms with van der Waals surface area (Å²) in [6.45, 7) is 2.09. The Morgan fingerprint density at radius 2 is 1.96 bits per heavy atom. The number of piperidine rings is 1. The summed E-state index contributed by atoms with van der Waals surface area (Å²) in [5.74, 6) is 0.0813. The summed E-state index contributed by atoms with van der Waals surface area (Å²) in [5, 5.41) is 1.92. The lowest BCUT2D eigenvalue weighted by atomic mass is 10.0. The first-order valence-corrected chi connectivity index (χ1v) is 9.49. The zero-order chi connectivity index (χ0) is 17.4. The van der Waals surface area contributed by atoms with Crippen LogP contribution in [0.4, 0.5) is 0 Å². The van der Waals surface area contributed by atoms with Crippen LogP contribution in [0.15, 0.2) is 41.9 Å². The van der Waals surface area contributed by atoms with Crippen LogP contribution >= 0.6 is 11.3 Å². The van der Waals surface area contributed by atoms with Gasteiger partial charge in [-0.2, -0.15) is 0 Å². The van der Waals surface area contributed by atoms with E-state index in [1.165, 1.54) is 11.3 Å². The number of hydrogen-bond donors (Lipinski definition) is 0. The fourth-order valence-electron chi connectivity index (χ4n) is 3.41. The first kappa shape index (κ1) is 16.3. The molecule has 1 saturated heterocycles. The summed E-state index contributed by atoms with van der Waals surface area (Å²) in [5.41, 5.74) is 2.68. The van der Waals surface area contributed by atoms with E-state index in [4.69, 9.17) is 0 Å². The van der Waals surface area contributed by atoms with Crippen molar-refractivity contribution in [2.75, 3.05) is 27.2 Å². The number of imidazole rings is 1. The predicted molar refractivity (Wildman–Crippen MR) is 101 cm³/mol. The van der Waals surface area contributed by atoms with Crippen molar-refractivity contribution in [1.29, 1.82) is 0 Å². The van der Waals surface area contributed by atoms with Gasteiger partial charge >= 0.3 is 0 Å². The third-order valence-corrected chi connectivity index (χ3v) is 5.89. The first-order valence-electron chi connectivity index (χ1n) is 8.61. The Balaban J connectivity index is 1.60. The molecular weight excluding hydrogens is 332 g/mol. The smallest absolute Gasteiger partial charge is 0.271 e. The number of nitrogens with zero attached hydrogens (tertiary/aromatic N) is 4. The van der Waals surface area contributed by atoms with Crippen molar-refractivity contribution in [1.82, 2.24) is 19.2 Å². The lowest BCUT2D eigenvalue weighted by Gasteiger charge is -2.34. The number of benzene rings is 1. The minimum absolute atomic E-state index is 0.0813. The highest BCUT2D eigenvalue weighted by atomic mass is 32.1. The molecule has 3 heterocycles. The molecule has 0 aliphatic carbocycles. The van der Waals surface area contributed by atoms with Gasteiger partial charge in [-0.05, 0) is 33.0 Å². The third-order valence-electron chi connectivity index (χ3n) is 5.05. The van der Waals surface area contributed by atoms with Gasteiger partial charge in [-0.15, -0.1) is 11.3 Å². The van der Waals surface area contributed by atoms with Crippen LogP contribution in [-0.4, -0.2) is 58.3 Å². The van der Waals surface area contributed by atoms with Gasteiger partial charge in [-0.3, -0.25) is 9.20 Å². The molecule has 6 heteroatoms. The van der Waals surface area contributed by atoms with Gasteiger partial charge in [0.1, 0.15) is 5.69 Å². The Kier molecular flexibility index (Phi) is 4.31. The maximum absolute atomic E-state index is 13.0. The number of thiazole rings is 1. The number of aromatic nitrogens is 2. The molecule has 1 aromatic carbocycles. The molecule has 1 fully saturated rings. The topological polar surface area (TPSA) is 40.8 Å². The highest BCUT2D eigenvalue weighted by Gasteiger charge is 2.26. The molecule has 25 heavy (non-hydrogen) atoms. The number of carbonyl (C=O) groups excluding carboxylic acids is 1. The molecule has 0 spiro atoms. The van der Waals surface area contributed by atoms with Crippen LogP contribution in [0.25, 0.3) is 16.2 Å². The SMILES string of the molecule is CN1CCC(N(C)C(=O)c2csc3nc(-c4ccccc4)cn23)CC1. The molecule has 0 N–H and O–H groups in total. The van der Waals surface area contributed by atoms with Gasteiger partial charge < -0.3 is 9.80 Å². The van der Waals surface area contributed by atoms with Crippen molar-refractivity contribution in [2.24, 2.45) is 0 Å². The predicted octanol–water partition coefficient (Wildman–Crippen LogP) is 3.23. The van der Waals surface area contributed by atoms with Crippen molar-refractivity contribution in [3.05, 3.63) is 47.6 Å². The van der Waals surface area contributed by atoms with Crippen LogP contribution in [-0.2, 0) is 0 Å². The Morgan fingerprint density at radius 1 is 1.24 bits per heavy atom. The normalized spacial score (nSPS) is 16.4. The molecule has 1 aliphatic rings. The largest absolute Gasteiger partial charge is 0.337 e. The van der Waals surface area contributed by atoms with E-state index in [9.17, 15) is 4.79 Å². The molecule has 3 aromatic rings. The van der Waals surface area contributed by atoms with Gasteiger partial charge in [0.15, 0.2) is 4.96 Å². The molecule has 0 saturated carbocycles. The second-order valence-corrected chi connectivity index (χ2v) is 7.55. The van der Waals surface area contributed by atoms with Gasteiger partial charge in [-0.25, -0.2) is 4.98 Å². The van der Waals surface area contributed by atoms with Crippen molar-refractivity contribution in [3.63, 3.8) is 0 Å². The summed E-state index contributed by atoms with van der Waals surface area (Å²) >= 11 is 1.52. The summed E-state index contributed by atoms with van der Waals surface area (Å²) < 4.78 is 1.93. The Bertz CT molecular complexity index is 877. The zero-order valence-corrected chi connectivity index (χ0v) is 15.4. The summed E-state index contributed by atoms with van der Waals surface area (Å²) in [6.07, 6.45) is 4.04. The standard InChI is InChI=1S/C19H22N4OS/c1-21-10-8-15(9-11-21)22(2)18(24)17-13-25-19-20-16(12-23(17)19)14-6-4-3-5-7-14/h3-7,12-13,15H,8-11H2,1-2H3. The number of hydrogen-bond acceptors (Lipinski definition) is 4. The van der Waals surface area contributed by atoms with E-state index >= 15 is 0 Å². The third kappa shape index (κ3) is 3.07. The molecule has 0 unspecified atom stereocenters. The molecule has 1 aliphatic heterocycles. The highest BCUT2D eigenvalue weighted by molar-refractivity contribution is 7.15. The Hall–Kier alpha value is -2.18. The van der Waals surface area contributed by atoms with E-state index in [2.05, 4.69) is 16.9 Å². The zero-order valence-electron chi connectivity index (χ0n) is 14.6. The molecule has 4 rings (SSSR count). The molecule has 130 valence electrons. The van der Waals surface area contributed by atoms with Gasteiger partial charge in [0.2, 0.25) is 0 Å². The van der Waals surface area contributed by atoms with E-state index in [0.29, 0.717) is 11.7 Å². The fraction of sp³-hybridized carbons (Fsp3) is 0.368. The quantitative estimate of drug-likeness (QED) is 0.725. The van der Waals surface area contributed by atoms with Crippen molar-refractivity contribution in [2.45, 2.75) is 18.9 Å². The van der Waals surface area contributed by atoms with E-state index in [0.717, 1.165) is 42.1 Å². The average Bonchev–Trinajstić information content (AvgIpc) is 3.22. The van der Waals surface area contributed by atoms with Crippen LogP contribution in [0.2, 0.25) is 0 Å². The molecular formula is C19H22N4OS. The fourth-order valence-corrected chi connectivity index (χ4v) is 4.26. The minimum Gasteiger partial charge on any atom is -0.337 e. The number of amides is 1. The molecule has 0 radical (unpaired) electrons. The number of rotatable bonds is 3. The second-order valence-electron chi connectivity index (χ2n) is 6.72. The first-order chi connectivity index (χ1) is 12.1. The second kappa shape index (κ2) is 6.61. The van der Waals surface area contributed by atoms with Crippen molar-refractivity contribution < 1.29 is 4.79 Å². The van der Waals surface area contributed by atoms with Gasteiger partial charge in [0, 0.05) is 30.2 Å². The monoisotopic (exact) mass is 354 g/mol. The highest BCUT2D eigenvalue weighted by Crippen LogP contribution is 2.25. The van der Waals surface area contributed by atoms with Crippen LogP contribution in [0, 0.1) is 0 Å². The summed E-state index contributed by atoms with van der Waals surface area (Å²) in [6, 6.07) is 10.4. The molecule has 0 bridgehead atoms. The van der Waals surface area contributed by atoms with E-state index in [-0.39, 0.29) is 5.91 Å². The van der Waals surface area contributed by atoms with Crippen LogP contribution < -0.4 is 0 Å². The molecule has 5 nitrogen and oxygen atoms in total. The number of fused-ring (bicyclic) bond motifs is 1. The van der Waals surface area contributed by atoms with Crippen molar-refractivity contribution in [3.8, 4) is 11.3 Å². The summed E-state index contributed by atoms with van der Waals surface area (Å²) in [7, 11) is 4.06. The van der Waals surface area contributed by atoms with Gasteiger partial charge in [0.05, 0.1) is 5.69 Å². The molecule has 1 amide bonds. The Morgan fingerprint density at radius 3 is 2.68 bits per heavy atom. The number of likely N-dealkylation sites (tertiary alicyclic amines) is 1. The lowest BCUT2D eigenvalue weighted by molar-refractivity contribution is 0.0653. The minimum atomic E-state index is 0.0813. The average molecular weight is 354 g/mol. The van der Waals surface area contributed by atoms with Gasteiger partial charge in [0.25, 0.3) is 5.91 Å². The van der Waals surface area contributed by atoms with E-state index in [1.54, 1.807) is 0 Å². The van der Waals surface area contributed by atoms with Crippen LogP contribution in [0.1, 0.15) is 23.3 Å². The molecule has 2 aromatic heterocycles. The van der Waals surface area contributed by atoms with E-state index < -0.39 is 0 Å². The van der Waals surface area contributed by atoms with Crippen LogP contribution in [0.3, 0.4) is 0 Å². The number of carbonyl (C=O) groups is 1. The molecule has 0 atom stereocenters. The van der Waals surface area contributed by atoms with Crippen molar-refractivity contribution >= 4 is 22.2 Å². The summed E-state index contributed by atoms with van der Waals surface area (Å²) in [4.78, 5) is 22.8. The van der Waals surface area contributed by atoms with Gasteiger partial charge in [-0.1, -0.05) is 30.3 Å². The van der Waals surface area contributed by atoms with E-state index in [1.807, 2.05) is 58.3 Å². The maximum atomic E-state index is 13.0. The Labute approximate surface area is 151 Å².